The number of nitrogens with one attached hydrogen (secondary N) is 2. The van der Waals surface area contributed by atoms with Crippen molar-refractivity contribution in [3.05, 3.63) is 65.2 Å². The van der Waals surface area contributed by atoms with Crippen molar-refractivity contribution in [3.8, 4) is 5.75 Å². The lowest BCUT2D eigenvalue weighted by Crippen LogP contribution is -2.38. The quantitative estimate of drug-likeness (QED) is 0.795. The van der Waals surface area contributed by atoms with Crippen molar-refractivity contribution in [3.63, 3.8) is 0 Å². The summed E-state index contributed by atoms with van der Waals surface area (Å²) in [5, 5.41) is 5.58. The van der Waals surface area contributed by atoms with Crippen LogP contribution in [0.3, 0.4) is 0 Å². The molecule has 0 saturated heterocycles. The molecule has 0 aliphatic rings. The summed E-state index contributed by atoms with van der Waals surface area (Å²) in [5.74, 6) is -0.464. The van der Waals surface area contributed by atoms with Crippen molar-refractivity contribution in [2.24, 2.45) is 0 Å². The van der Waals surface area contributed by atoms with Gasteiger partial charge >= 0.3 is 6.03 Å². The van der Waals surface area contributed by atoms with Gasteiger partial charge in [-0.1, -0.05) is 25.1 Å². The van der Waals surface area contributed by atoms with Crippen molar-refractivity contribution in [2.45, 2.75) is 25.8 Å². The Morgan fingerprint density at radius 3 is 2.48 bits per heavy atom. The molecule has 2 rings (SSSR count). The molecule has 6 heteroatoms. The number of benzene rings is 2. The largest absolute Gasteiger partial charge is 0.497 e. The van der Waals surface area contributed by atoms with Crippen LogP contribution in [0, 0.1) is 11.6 Å². The third kappa shape index (κ3) is 5.45. The summed E-state index contributed by atoms with van der Waals surface area (Å²) in [7, 11) is 1.60. The van der Waals surface area contributed by atoms with Crippen molar-refractivity contribution in [2.75, 3.05) is 13.7 Å². The van der Waals surface area contributed by atoms with Crippen LogP contribution >= 0.6 is 0 Å². The Hall–Kier alpha value is -2.63. The molecule has 2 aromatic carbocycles. The minimum atomic E-state index is -0.614. The summed E-state index contributed by atoms with van der Waals surface area (Å²) in [6.45, 7) is 2.23. The zero-order chi connectivity index (χ0) is 18.2. The highest BCUT2D eigenvalue weighted by atomic mass is 19.1. The van der Waals surface area contributed by atoms with E-state index in [0.29, 0.717) is 12.0 Å². The van der Waals surface area contributed by atoms with E-state index in [4.69, 9.17) is 4.74 Å². The zero-order valence-electron chi connectivity index (χ0n) is 14.3. The number of urea groups is 1. The lowest BCUT2D eigenvalue weighted by Gasteiger charge is -2.18. The van der Waals surface area contributed by atoms with Gasteiger partial charge in [0.25, 0.3) is 0 Å². The number of carbonyl (C=O) groups is 1. The molecule has 2 aromatic rings. The fourth-order valence-electron chi connectivity index (χ4n) is 2.50. The highest BCUT2D eigenvalue weighted by Gasteiger charge is 2.12. The van der Waals surface area contributed by atoms with Gasteiger partial charge in [-0.15, -0.1) is 0 Å². The van der Waals surface area contributed by atoms with Crippen LogP contribution in [0.5, 0.6) is 5.75 Å². The van der Waals surface area contributed by atoms with E-state index in [-0.39, 0.29) is 18.6 Å². The molecule has 0 bridgehead atoms. The first-order chi connectivity index (χ1) is 12.0. The van der Waals surface area contributed by atoms with Gasteiger partial charge in [-0.3, -0.25) is 0 Å². The Labute approximate surface area is 146 Å². The topological polar surface area (TPSA) is 50.4 Å². The Morgan fingerprint density at radius 2 is 1.88 bits per heavy atom. The predicted molar refractivity (Wildman–Crippen MR) is 92.6 cm³/mol. The summed E-state index contributed by atoms with van der Waals surface area (Å²) >= 11 is 0. The van der Waals surface area contributed by atoms with E-state index in [2.05, 4.69) is 10.6 Å². The Bertz CT molecular complexity index is 705. The van der Waals surface area contributed by atoms with Crippen molar-refractivity contribution in [1.82, 2.24) is 10.6 Å². The zero-order valence-corrected chi connectivity index (χ0v) is 14.3. The molecule has 4 nitrogen and oxygen atoms in total. The van der Waals surface area contributed by atoms with E-state index in [1.165, 1.54) is 12.1 Å². The monoisotopic (exact) mass is 348 g/mol. The third-order valence-electron chi connectivity index (χ3n) is 3.93. The molecule has 0 radical (unpaired) electrons. The highest BCUT2D eigenvalue weighted by molar-refractivity contribution is 5.74. The third-order valence-corrected chi connectivity index (χ3v) is 3.93. The van der Waals surface area contributed by atoms with E-state index in [9.17, 15) is 13.6 Å². The maximum absolute atomic E-state index is 13.5. The van der Waals surface area contributed by atoms with Crippen molar-refractivity contribution < 1.29 is 18.3 Å². The predicted octanol–water partition coefficient (Wildman–Crippen LogP) is 3.97. The number of hydrogen-bond donors (Lipinski definition) is 2. The number of rotatable bonds is 7. The summed E-state index contributed by atoms with van der Waals surface area (Å²) < 4.78 is 31.5. The molecule has 2 N–H and O–H groups in total. The van der Waals surface area contributed by atoms with Crippen LogP contribution < -0.4 is 15.4 Å². The van der Waals surface area contributed by atoms with E-state index >= 15 is 0 Å². The number of ether oxygens (including phenoxy) is 1. The van der Waals surface area contributed by atoms with Gasteiger partial charge in [-0.05, 0) is 42.2 Å². The first kappa shape index (κ1) is 18.7. The average molecular weight is 348 g/mol. The Morgan fingerprint density at radius 1 is 1.16 bits per heavy atom. The van der Waals surface area contributed by atoms with Crippen LogP contribution in [0.25, 0.3) is 0 Å². The maximum atomic E-state index is 13.5. The standard InChI is InChI=1S/C19H22F2N2O2/c1-3-18(14-5-8-16(25-2)9-6-14)23-19(24)22-11-10-13-4-7-15(20)12-17(13)21/h4-9,12,18H,3,10-11H2,1-2H3,(H2,22,23,24). The minimum Gasteiger partial charge on any atom is -0.497 e. The van der Waals surface area contributed by atoms with E-state index in [1.807, 2.05) is 31.2 Å². The van der Waals surface area contributed by atoms with Crippen LogP contribution in [0.15, 0.2) is 42.5 Å². The molecule has 0 fully saturated rings. The number of amides is 2. The van der Waals surface area contributed by atoms with E-state index in [0.717, 1.165) is 23.8 Å². The fourth-order valence-corrected chi connectivity index (χ4v) is 2.50. The molecule has 25 heavy (non-hydrogen) atoms. The number of methoxy groups -OCH3 is 1. The van der Waals surface area contributed by atoms with Crippen LogP contribution in [0.1, 0.15) is 30.5 Å². The van der Waals surface area contributed by atoms with Crippen molar-refractivity contribution in [1.29, 1.82) is 0 Å². The van der Waals surface area contributed by atoms with Crippen LogP contribution in [0.2, 0.25) is 0 Å². The van der Waals surface area contributed by atoms with Gasteiger partial charge in [0.2, 0.25) is 0 Å². The summed E-state index contributed by atoms with van der Waals surface area (Å²) in [4.78, 5) is 12.0. The molecule has 0 heterocycles. The van der Waals surface area contributed by atoms with Gasteiger partial charge in [0.05, 0.1) is 13.2 Å². The highest BCUT2D eigenvalue weighted by Crippen LogP contribution is 2.20. The Kier molecular flexibility index (Phi) is 6.74. The van der Waals surface area contributed by atoms with E-state index < -0.39 is 11.6 Å². The normalized spacial score (nSPS) is 11.7. The van der Waals surface area contributed by atoms with Gasteiger partial charge in [0, 0.05) is 12.6 Å². The van der Waals surface area contributed by atoms with E-state index in [1.54, 1.807) is 7.11 Å². The first-order valence-electron chi connectivity index (χ1n) is 8.15. The minimum absolute atomic E-state index is 0.131. The van der Waals surface area contributed by atoms with Gasteiger partial charge in [0.15, 0.2) is 0 Å². The second kappa shape index (κ2) is 9.01. The molecule has 0 saturated carbocycles. The van der Waals surface area contributed by atoms with Crippen LogP contribution in [0.4, 0.5) is 13.6 Å². The lowest BCUT2D eigenvalue weighted by atomic mass is 10.0. The molecule has 134 valence electrons. The second-order valence-electron chi connectivity index (χ2n) is 5.62. The SMILES string of the molecule is CCC(NC(=O)NCCc1ccc(F)cc1F)c1ccc(OC)cc1. The van der Waals surface area contributed by atoms with Crippen LogP contribution in [-0.2, 0) is 6.42 Å². The molecular weight excluding hydrogens is 326 g/mol. The summed E-state index contributed by atoms with van der Waals surface area (Å²) in [6, 6.07) is 10.5. The fraction of sp³-hybridized carbons (Fsp3) is 0.316. The van der Waals surface area contributed by atoms with Gasteiger partial charge < -0.3 is 15.4 Å². The maximum Gasteiger partial charge on any atom is 0.315 e. The molecule has 2 amide bonds. The smallest absolute Gasteiger partial charge is 0.315 e. The Balaban J connectivity index is 1.85. The van der Waals surface area contributed by atoms with Crippen LogP contribution in [-0.4, -0.2) is 19.7 Å². The second-order valence-corrected chi connectivity index (χ2v) is 5.62. The molecular formula is C19H22F2N2O2. The molecule has 0 aromatic heterocycles. The molecule has 0 spiro atoms. The number of halogens is 2. The van der Waals surface area contributed by atoms with Gasteiger partial charge in [-0.2, -0.15) is 0 Å². The average Bonchev–Trinajstić information content (AvgIpc) is 2.61. The van der Waals surface area contributed by atoms with Gasteiger partial charge in [0.1, 0.15) is 17.4 Å². The number of carbonyl (C=O) groups excluding carboxylic acids is 1. The molecule has 1 atom stereocenters. The van der Waals surface area contributed by atoms with Gasteiger partial charge in [-0.25, -0.2) is 13.6 Å². The lowest BCUT2D eigenvalue weighted by molar-refractivity contribution is 0.237. The van der Waals surface area contributed by atoms with Crippen molar-refractivity contribution >= 4 is 6.03 Å². The number of hydrogen-bond acceptors (Lipinski definition) is 2. The molecule has 1 unspecified atom stereocenters. The first-order valence-corrected chi connectivity index (χ1v) is 8.15. The molecule has 0 aliphatic carbocycles. The molecule has 0 aliphatic heterocycles. The summed E-state index contributed by atoms with van der Waals surface area (Å²) in [6.07, 6.45) is 1.02. The summed E-state index contributed by atoms with van der Waals surface area (Å²) in [5.41, 5.74) is 1.34.